The summed E-state index contributed by atoms with van der Waals surface area (Å²) in [6.07, 6.45) is 0. The molecule has 0 saturated heterocycles. The molecule has 3 aromatic rings. The summed E-state index contributed by atoms with van der Waals surface area (Å²) in [5, 5.41) is 7.24. The zero-order chi connectivity index (χ0) is 17.6. The van der Waals surface area contributed by atoms with E-state index in [4.69, 9.17) is 16.3 Å². The molecular formula is C19H19ClN4O. The van der Waals surface area contributed by atoms with Crippen LogP contribution in [0.25, 0.3) is 0 Å². The van der Waals surface area contributed by atoms with Gasteiger partial charge in [-0.15, -0.1) is 0 Å². The van der Waals surface area contributed by atoms with Crippen LogP contribution in [0.2, 0.25) is 5.02 Å². The van der Waals surface area contributed by atoms with Crippen LogP contribution in [0.5, 0.6) is 5.75 Å². The van der Waals surface area contributed by atoms with E-state index in [9.17, 15) is 0 Å². The first-order valence-corrected chi connectivity index (χ1v) is 8.25. The second kappa shape index (κ2) is 7.85. The molecule has 25 heavy (non-hydrogen) atoms. The van der Waals surface area contributed by atoms with Gasteiger partial charge in [0.25, 0.3) is 0 Å². The van der Waals surface area contributed by atoms with Gasteiger partial charge in [-0.3, -0.25) is 0 Å². The van der Waals surface area contributed by atoms with E-state index in [-0.39, 0.29) is 0 Å². The van der Waals surface area contributed by atoms with Crippen molar-refractivity contribution in [3.8, 4) is 5.75 Å². The molecule has 0 atom stereocenters. The lowest BCUT2D eigenvalue weighted by atomic mass is 10.2. The third-order valence-corrected chi connectivity index (χ3v) is 3.81. The van der Waals surface area contributed by atoms with Crippen molar-refractivity contribution in [2.24, 2.45) is 0 Å². The molecule has 6 heteroatoms. The van der Waals surface area contributed by atoms with Crippen LogP contribution in [0.4, 0.5) is 17.5 Å². The standard InChI is InChI=1S/C19H19ClN4O/c1-13-10-18(23-16-4-3-5-17(11-16)25-2)24-19(22-13)21-12-14-6-8-15(20)9-7-14/h3-11H,12H2,1-2H3,(H2,21,22,23,24). The normalized spacial score (nSPS) is 10.4. The van der Waals surface area contributed by atoms with Crippen LogP contribution >= 0.6 is 11.6 Å². The fraction of sp³-hybridized carbons (Fsp3) is 0.158. The Morgan fingerprint density at radius 3 is 2.60 bits per heavy atom. The van der Waals surface area contributed by atoms with Gasteiger partial charge in [-0.1, -0.05) is 29.8 Å². The number of halogens is 1. The third kappa shape index (κ3) is 4.84. The molecule has 0 aliphatic heterocycles. The molecule has 0 fully saturated rings. The number of anilines is 3. The molecule has 2 aromatic carbocycles. The fourth-order valence-corrected chi connectivity index (χ4v) is 2.47. The van der Waals surface area contributed by atoms with Gasteiger partial charge in [0.05, 0.1) is 7.11 Å². The number of aromatic nitrogens is 2. The Hall–Kier alpha value is -2.79. The number of nitrogens with zero attached hydrogens (tertiary/aromatic N) is 2. The number of hydrogen-bond acceptors (Lipinski definition) is 5. The van der Waals surface area contributed by atoms with E-state index >= 15 is 0 Å². The SMILES string of the molecule is COc1cccc(Nc2cc(C)nc(NCc3ccc(Cl)cc3)n2)c1. The summed E-state index contributed by atoms with van der Waals surface area (Å²) < 4.78 is 5.24. The minimum atomic E-state index is 0.570. The highest BCUT2D eigenvalue weighted by Gasteiger charge is 2.04. The Labute approximate surface area is 152 Å². The second-order valence-corrected chi connectivity index (χ2v) is 5.99. The molecule has 0 aliphatic rings. The van der Waals surface area contributed by atoms with E-state index in [0.717, 1.165) is 33.5 Å². The summed E-state index contributed by atoms with van der Waals surface area (Å²) >= 11 is 5.91. The molecule has 1 aromatic heterocycles. The number of aryl methyl sites for hydroxylation is 1. The Kier molecular flexibility index (Phi) is 5.36. The van der Waals surface area contributed by atoms with Gasteiger partial charge < -0.3 is 15.4 Å². The highest BCUT2D eigenvalue weighted by molar-refractivity contribution is 6.30. The number of benzene rings is 2. The molecule has 0 saturated carbocycles. The highest BCUT2D eigenvalue weighted by atomic mass is 35.5. The average molecular weight is 355 g/mol. The van der Waals surface area contributed by atoms with Gasteiger partial charge in [-0.05, 0) is 36.8 Å². The number of methoxy groups -OCH3 is 1. The van der Waals surface area contributed by atoms with Crippen molar-refractivity contribution < 1.29 is 4.74 Å². The quantitative estimate of drug-likeness (QED) is 0.665. The molecule has 2 N–H and O–H groups in total. The molecule has 0 spiro atoms. The van der Waals surface area contributed by atoms with Crippen LogP contribution in [-0.4, -0.2) is 17.1 Å². The van der Waals surface area contributed by atoms with Gasteiger partial charge in [-0.25, -0.2) is 4.98 Å². The Morgan fingerprint density at radius 1 is 1.04 bits per heavy atom. The third-order valence-electron chi connectivity index (χ3n) is 3.56. The Bertz CT molecular complexity index is 852. The Balaban J connectivity index is 1.72. The maximum absolute atomic E-state index is 5.91. The first-order valence-electron chi connectivity index (χ1n) is 7.87. The minimum absolute atomic E-state index is 0.570. The van der Waals surface area contributed by atoms with Crippen molar-refractivity contribution in [1.29, 1.82) is 0 Å². The van der Waals surface area contributed by atoms with Crippen LogP contribution in [0.15, 0.2) is 54.6 Å². The molecule has 5 nitrogen and oxygen atoms in total. The molecule has 0 amide bonds. The summed E-state index contributed by atoms with van der Waals surface area (Å²) in [5.74, 6) is 2.08. The predicted molar refractivity (Wildman–Crippen MR) is 102 cm³/mol. The summed E-state index contributed by atoms with van der Waals surface area (Å²) in [7, 11) is 1.65. The largest absolute Gasteiger partial charge is 0.497 e. The van der Waals surface area contributed by atoms with Crippen LogP contribution < -0.4 is 15.4 Å². The van der Waals surface area contributed by atoms with E-state index in [2.05, 4.69) is 20.6 Å². The lowest BCUT2D eigenvalue weighted by Crippen LogP contribution is -2.06. The van der Waals surface area contributed by atoms with Crippen LogP contribution in [0.1, 0.15) is 11.3 Å². The fourth-order valence-electron chi connectivity index (χ4n) is 2.34. The van der Waals surface area contributed by atoms with E-state index in [1.54, 1.807) is 7.11 Å². The van der Waals surface area contributed by atoms with Crippen molar-refractivity contribution in [2.45, 2.75) is 13.5 Å². The topological polar surface area (TPSA) is 59.1 Å². The van der Waals surface area contributed by atoms with Gasteiger partial charge in [0.2, 0.25) is 5.95 Å². The molecule has 0 unspecified atom stereocenters. The maximum atomic E-state index is 5.91. The smallest absolute Gasteiger partial charge is 0.225 e. The van der Waals surface area contributed by atoms with Gasteiger partial charge in [-0.2, -0.15) is 4.98 Å². The lowest BCUT2D eigenvalue weighted by molar-refractivity contribution is 0.415. The number of ether oxygens (including phenoxy) is 1. The molecule has 1 heterocycles. The summed E-state index contributed by atoms with van der Waals surface area (Å²) in [5.41, 5.74) is 2.89. The van der Waals surface area contributed by atoms with Gasteiger partial charge in [0, 0.05) is 35.1 Å². The van der Waals surface area contributed by atoms with E-state index in [0.29, 0.717) is 12.5 Å². The number of hydrogen-bond donors (Lipinski definition) is 2. The first kappa shape index (κ1) is 17.0. The van der Waals surface area contributed by atoms with Crippen LogP contribution in [0.3, 0.4) is 0 Å². The van der Waals surface area contributed by atoms with Crippen LogP contribution in [-0.2, 0) is 6.54 Å². The van der Waals surface area contributed by atoms with Crippen molar-refractivity contribution >= 4 is 29.1 Å². The van der Waals surface area contributed by atoms with Gasteiger partial charge in [0.1, 0.15) is 11.6 Å². The molecule has 0 radical (unpaired) electrons. The van der Waals surface area contributed by atoms with E-state index in [1.807, 2.05) is 61.5 Å². The number of rotatable bonds is 6. The molecule has 0 bridgehead atoms. The number of nitrogens with one attached hydrogen (secondary N) is 2. The Morgan fingerprint density at radius 2 is 1.84 bits per heavy atom. The lowest BCUT2D eigenvalue weighted by Gasteiger charge is -2.11. The predicted octanol–water partition coefficient (Wildman–Crippen LogP) is 4.80. The zero-order valence-electron chi connectivity index (χ0n) is 14.1. The average Bonchev–Trinajstić information content (AvgIpc) is 2.61. The first-order chi connectivity index (χ1) is 12.1. The summed E-state index contributed by atoms with van der Waals surface area (Å²) in [6.45, 7) is 2.56. The van der Waals surface area contributed by atoms with Crippen molar-refractivity contribution in [2.75, 3.05) is 17.7 Å². The van der Waals surface area contributed by atoms with Crippen molar-refractivity contribution in [1.82, 2.24) is 9.97 Å². The zero-order valence-corrected chi connectivity index (χ0v) is 14.8. The van der Waals surface area contributed by atoms with E-state index in [1.165, 1.54) is 0 Å². The van der Waals surface area contributed by atoms with Crippen LogP contribution in [0, 0.1) is 6.92 Å². The van der Waals surface area contributed by atoms with Crippen molar-refractivity contribution in [3.05, 3.63) is 70.9 Å². The summed E-state index contributed by atoms with van der Waals surface area (Å²) in [4.78, 5) is 8.95. The molecule has 3 rings (SSSR count). The van der Waals surface area contributed by atoms with Gasteiger partial charge >= 0.3 is 0 Å². The minimum Gasteiger partial charge on any atom is -0.497 e. The molecular weight excluding hydrogens is 336 g/mol. The maximum Gasteiger partial charge on any atom is 0.225 e. The van der Waals surface area contributed by atoms with Gasteiger partial charge in [0.15, 0.2) is 0 Å². The van der Waals surface area contributed by atoms with E-state index < -0.39 is 0 Å². The summed E-state index contributed by atoms with van der Waals surface area (Å²) in [6, 6.07) is 17.3. The second-order valence-electron chi connectivity index (χ2n) is 5.56. The highest BCUT2D eigenvalue weighted by Crippen LogP contribution is 2.21. The van der Waals surface area contributed by atoms with Crippen molar-refractivity contribution in [3.63, 3.8) is 0 Å². The monoisotopic (exact) mass is 354 g/mol. The molecule has 0 aliphatic carbocycles. The molecule has 128 valence electrons.